The second kappa shape index (κ2) is 4.82. The van der Waals surface area contributed by atoms with Crippen molar-refractivity contribution in [2.45, 2.75) is 52.4 Å². The van der Waals surface area contributed by atoms with Crippen LogP contribution in [-0.4, -0.2) is 33.7 Å². The van der Waals surface area contributed by atoms with Crippen LogP contribution in [0.5, 0.6) is 0 Å². The highest BCUT2D eigenvalue weighted by molar-refractivity contribution is 6.74. The first-order valence-electron chi connectivity index (χ1n) is 6.66. The molecule has 0 bridgehead atoms. The number of aromatic nitrogens is 4. The molecule has 0 saturated heterocycles. The zero-order chi connectivity index (χ0) is 15.1. The van der Waals surface area contributed by atoms with E-state index in [4.69, 9.17) is 4.43 Å². The lowest BCUT2D eigenvalue weighted by atomic mass is 10.1. The van der Waals surface area contributed by atoms with Crippen molar-refractivity contribution in [1.29, 1.82) is 0 Å². The van der Waals surface area contributed by atoms with E-state index in [0.29, 0.717) is 23.7 Å². The van der Waals surface area contributed by atoms with E-state index >= 15 is 0 Å². The first-order chi connectivity index (χ1) is 9.13. The topological polar surface area (TPSA) is 73.1 Å². The van der Waals surface area contributed by atoms with Gasteiger partial charge in [-0.15, -0.1) is 10.2 Å². The van der Waals surface area contributed by atoms with Gasteiger partial charge in [-0.3, -0.25) is 0 Å². The Kier molecular flexibility index (Phi) is 3.59. The summed E-state index contributed by atoms with van der Waals surface area (Å²) >= 11 is 0. The van der Waals surface area contributed by atoms with E-state index in [-0.39, 0.29) is 5.04 Å². The van der Waals surface area contributed by atoms with Crippen molar-refractivity contribution >= 4 is 8.32 Å². The fourth-order valence-corrected chi connectivity index (χ4v) is 2.61. The van der Waals surface area contributed by atoms with E-state index in [2.05, 4.69) is 49.3 Å². The number of fused-ring (bicyclic) bond motifs is 1. The van der Waals surface area contributed by atoms with Crippen LogP contribution in [0.25, 0.3) is 11.4 Å². The van der Waals surface area contributed by atoms with Crippen molar-refractivity contribution in [3.63, 3.8) is 0 Å². The molecule has 0 aliphatic carbocycles. The van der Waals surface area contributed by atoms with Crippen LogP contribution in [0.15, 0.2) is 6.20 Å². The Balaban J connectivity index is 2.28. The predicted octanol–water partition coefficient (Wildman–Crippen LogP) is 2.85. The molecule has 0 aromatic rings. The molecule has 0 radical (unpaired) electrons. The third-order valence-corrected chi connectivity index (χ3v) is 8.66. The molecule has 0 amide bonds. The zero-order valence-corrected chi connectivity index (χ0v) is 13.9. The summed E-state index contributed by atoms with van der Waals surface area (Å²) in [4.78, 5) is 0. The Morgan fingerprint density at radius 3 is 2.45 bits per heavy atom. The molecule has 2 heterocycles. The third-order valence-electron chi connectivity index (χ3n) is 4.18. The van der Waals surface area contributed by atoms with E-state index in [1.807, 2.05) is 0 Å². The fraction of sp³-hybridized carbons (Fsp3) is 0.615. The Hall–Kier alpha value is -1.47. The highest BCUT2D eigenvalue weighted by Crippen LogP contribution is 2.37. The lowest BCUT2D eigenvalue weighted by molar-refractivity contribution is 0.174. The van der Waals surface area contributed by atoms with Crippen LogP contribution in [0.2, 0.25) is 18.1 Å². The summed E-state index contributed by atoms with van der Waals surface area (Å²) in [6.07, 6.45) is 1.63. The molecule has 2 aliphatic heterocycles. The highest BCUT2D eigenvalue weighted by Gasteiger charge is 2.37. The lowest BCUT2D eigenvalue weighted by Gasteiger charge is -2.36. The normalized spacial score (nSPS) is 13.1. The van der Waals surface area contributed by atoms with E-state index < -0.39 is 8.32 Å². The van der Waals surface area contributed by atoms with Crippen molar-refractivity contribution < 1.29 is 9.63 Å². The summed E-state index contributed by atoms with van der Waals surface area (Å²) in [7, 11) is -1.85. The van der Waals surface area contributed by atoms with Gasteiger partial charge in [0.15, 0.2) is 8.32 Å². The standard InChI is InChI=1S/C13H22N4O2Si/c1-9-11-12(15-16-14-11)10(7-17(9)18)8-19-20(5,6)13(2,3)4/h7,18H,8H2,1-6H3. The fourth-order valence-electron chi connectivity index (χ4n) is 1.66. The van der Waals surface area contributed by atoms with E-state index in [1.54, 1.807) is 13.1 Å². The Morgan fingerprint density at radius 2 is 1.85 bits per heavy atom. The highest BCUT2D eigenvalue weighted by atomic mass is 28.4. The van der Waals surface area contributed by atoms with Gasteiger partial charge >= 0.3 is 0 Å². The first-order valence-corrected chi connectivity index (χ1v) is 9.57. The van der Waals surface area contributed by atoms with Crippen LogP contribution in [0, 0.1) is 6.92 Å². The van der Waals surface area contributed by atoms with Crippen LogP contribution in [0.3, 0.4) is 0 Å². The molecule has 0 fully saturated rings. The lowest BCUT2D eigenvalue weighted by Crippen LogP contribution is -2.40. The van der Waals surface area contributed by atoms with Gasteiger partial charge in [-0.25, -0.2) is 0 Å². The molecule has 0 unspecified atom stereocenters. The van der Waals surface area contributed by atoms with Gasteiger partial charge in [0.1, 0.15) is 11.4 Å². The second-order valence-corrected chi connectivity index (χ2v) is 11.4. The molecule has 0 aromatic carbocycles. The summed E-state index contributed by atoms with van der Waals surface area (Å²) in [6, 6.07) is 0. The van der Waals surface area contributed by atoms with Gasteiger partial charge in [-0.2, -0.15) is 4.73 Å². The summed E-state index contributed by atoms with van der Waals surface area (Å²) < 4.78 is 7.23. The van der Waals surface area contributed by atoms with Crippen molar-refractivity contribution in [3.05, 3.63) is 17.5 Å². The van der Waals surface area contributed by atoms with Crippen LogP contribution in [0.4, 0.5) is 0 Å². The maximum atomic E-state index is 9.88. The molecular weight excluding hydrogens is 272 g/mol. The van der Waals surface area contributed by atoms with E-state index in [1.165, 1.54) is 0 Å². The first kappa shape index (κ1) is 14.9. The number of pyridine rings is 1. The SMILES string of the molecule is Cc1c2nnnc-2c(CO[Si](C)(C)C(C)(C)C)cn1O. The zero-order valence-electron chi connectivity index (χ0n) is 12.9. The Labute approximate surface area is 120 Å². The number of rotatable bonds is 3. The van der Waals surface area contributed by atoms with Gasteiger partial charge in [0.25, 0.3) is 0 Å². The maximum absolute atomic E-state index is 9.88. The van der Waals surface area contributed by atoms with Crippen molar-refractivity contribution in [2.24, 2.45) is 0 Å². The largest absolute Gasteiger partial charge is 0.429 e. The van der Waals surface area contributed by atoms with Crippen molar-refractivity contribution in [3.8, 4) is 11.4 Å². The molecular formula is C13H22N4O2Si. The molecule has 20 heavy (non-hydrogen) atoms. The second-order valence-electron chi connectivity index (χ2n) is 6.62. The van der Waals surface area contributed by atoms with Gasteiger partial charge in [-0.05, 0) is 30.3 Å². The van der Waals surface area contributed by atoms with Crippen molar-refractivity contribution in [1.82, 2.24) is 20.1 Å². The molecule has 2 rings (SSSR count). The van der Waals surface area contributed by atoms with Crippen LogP contribution >= 0.6 is 0 Å². The van der Waals surface area contributed by atoms with E-state index in [0.717, 1.165) is 10.3 Å². The van der Waals surface area contributed by atoms with Crippen LogP contribution < -0.4 is 0 Å². The molecule has 7 heteroatoms. The molecule has 0 atom stereocenters. The maximum Gasteiger partial charge on any atom is 0.192 e. The Morgan fingerprint density at radius 1 is 1.25 bits per heavy atom. The molecule has 0 saturated carbocycles. The minimum absolute atomic E-state index is 0.141. The smallest absolute Gasteiger partial charge is 0.192 e. The minimum Gasteiger partial charge on any atom is -0.429 e. The summed E-state index contributed by atoms with van der Waals surface area (Å²) in [5.41, 5.74) is 2.75. The molecule has 0 aromatic heterocycles. The van der Waals surface area contributed by atoms with Crippen LogP contribution in [-0.2, 0) is 11.0 Å². The molecule has 110 valence electrons. The Bertz CT molecular complexity index is 589. The number of nitrogens with zero attached hydrogens (tertiary/aromatic N) is 4. The molecule has 6 nitrogen and oxygen atoms in total. The summed E-state index contributed by atoms with van der Waals surface area (Å²) in [5.74, 6) is 0. The van der Waals surface area contributed by atoms with Gasteiger partial charge in [-0.1, -0.05) is 20.8 Å². The van der Waals surface area contributed by atoms with Gasteiger partial charge in [0, 0.05) is 5.56 Å². The predicted molar refractivity (Wildman–Crippen MR) is 78.3 cm³/mol. The minimum atomic E-state index is -1.85. The summed E-state index contributed by atoms with van der Waals surface area (Å²) in [6.45, 7) is 13.2. The van der Waals surface area contributed by atoms with Gasteiger partial charge in [0.05, 0.1) is 18.5 Å². The monoisotopic (exact) mass is 294 g/mol. The quantitative estimate of drug-likeness (QED) is 0.696. The van der Waals surface area contributed by atoms with Crippen molar-refractivity contribution in [2.75, 3.05) is 0 Å². The van der Waals surface area contributed by atoms with Gasteiger partial charge < -0.3 is 9.63 Å². The number of hydrogen-bond donors (Lipinski definition) is 1. The van der Waals surface area contributed by atoms with Gasteiger partial charge in [0.2, 0.25) is 0 Å². The third kappa shape index (κ3) is 2.55. The molecule has 0 spiro atoms. The molecule has 2 aliphatic rings. The average molecular weight is 294 g/mol. The molecule has 1 N–H and O–H groups in total. The summed E-state index contributed by atoms with van der Waals surface area (Å²) in [5, 5.41) is 21.7. The van der Waals surface area contributed by atoms with E-state index in [9.17, 15) is 5.21 Å². The van der Waals surface area contributed by atoms with Crippen LogP contribution in [0.1, 0.15) is 32.0 Å². The average Bonchev–Trinajstić information content (AvgIpc) is 2.80. The number of hydrogen-bond acceptors (Lipinski definition) is 5.